The van der Waals surface area contributed by atoms with Crippen molar-refractivity contribution in [1.82, 2.24) is 5.32 Å². The van der Waals surface area contributed by atoms with Gasteiger partial charge in [0.15, 0.2) is 0 Å². The number of rotatable bonds is 3. The molecule has 0 bridgehead atoms. The summed E-state index contributed by atoms with van der Waals surface area (Å²) in [5.74, 6) is -4.75. The summed E-state index contributed by atoms with van der Waals surface area (Å²) in [5, 5.41) is 10.9. The summed E-state index contributed by atoms with van der Waals surface area (Å²) >= 11 is 0. The second kappa shape index (κ2) is 3.80. The van der Waals surface area contributed by atoms with Gasteiger partial charge in [0.2, 0.25) is 0 Å². The van der Waals surface area contributed by atoms with Crippen LogP contribution < -0.4 is 5.32 Å². The first kappa shape index (κ1) is 11.3. The van der Waals surface area contributed by atoms with Gasteiger partial charge in [0.25, 0.3) is 5.91 Å². The highest BCUT2D eigenvalue weighted by molar-refractivity contribution is 5.83. The molecule has 12 heavy (non-hydrogen) atoms. The van der Waals surface area contributed by atoms with E-state index in [1.807, 2.05) is 5.32 Å². The fourth-order valence-corrected chi connectivity index (χ4v) is 0.454. The number of nitrogens with one attached hydrogen (secondary N) is 1. The van der Waals surface area contributed by atoms with Crippen LogP contribution in [0, 0.1) is 0 Å². The Kier molecular flexibility index (Phi) is 3.57. The maximum atomic E-state index is 12.2. The SMILES string of the molecule is CC(O)C(C)NC(=O)C(C)(F)F. The van der Waals surface area contributed by atoms with Crippen molar-refractivity contribution in [2.45, 2.75) is 38.8 Å². The highest BCUT2D eigenvalue weighted by atomic mass is 19.3. The molecule has 0 radical (unpaired) electrons. The van der Waals surface area contributed by atoms with E-state index in [-0.39, 0.29) is 0 Å². The van der Waals surface area contributed by atoms with Gasteiger partial charge in [0.05, 0.1) is 12.1 Å². The molecule has 1 amide bonds. The first-order chi connectivity index (χ1) is 5.25. The van der Waals surface area contributed by atoms with E-state index >= 15 is 0 Å². The number of halogens is 2. The molecule has 72 valence electrons. The van der Waals surface area contributed by atoms with E-state index in [1.54, 1.807) is 0 Å². The number of hydrogen-bond donors (Lipinski definition) is 2. The number of carbonyl (C=O) groups excluding carboxylic acids is 1. The van der Waals surface area contributed by atoms with Crippen LogP contribution in [0.3, 0.4) is 0 Å². The van der Waals surface area contributed by atoms with E-state index < -0.39 is 24.0 Å². The molecule has 0 aliphatic carbocycles. The summed E-state index contributed by atoms with van der Waals surface area (Å²) in [6.07, 6.45) is -0.837. The molecule has 0 rings (SSSR count). The largest absolute Gasteiger partial charge is 0.391 e. The maximum absolute atomic E-state index is 12.2. The Labute approximate surface area is 69.8 Å². The Hall–Kier alpha value is -0.710. The predicted molar refractivity (Wildman–Crippen MR) is 39.9 cm³/mol. The molecule has 0 fully saturated rings. The Morgan fingerprint density at radius 3 is 2.17 bits per heavy atom. The van der Waals surface area contributed by atoms with Crippen LogP contribution in [0.1, 0.15) is 20.8 Å². The van der Waals surface area contributed by atoms with Crippen LogP contribution in [0.15, 0.2) is 0 Å². The number of aliphatic hydroxyl groups excluding tert-OH is 1. The lowest BCUT2D eigenvalue weighted by atomic mass is 10.2. The predicted octanol–water partition coefficient (Wildman–Crippen LogP) is 0.527. The van der Waals surface area contributed by atoms with Gasteiger partial charge in [-0.3, -0.25) is 4.79 Å². The Balaban J connectivity index is 4.02. The molecule has 0 aromatic heterocycles. The minimum atomic E-state index is -3.39. The minimum absolute atomic E-state index is 0.511. The molecule has 0 aliphatic heterocycles. The highest BCUT2D eigenvalue weighted by Crippen LogP contribution is 2.11. The quantitative estimate of drug-likeness (QED) is 0.667. The average molecular weight is 181 g/mol. The second-order valence-corrected chi connectivity index (χ2v) is 2.89. The lowest BCUT2D eigenvalue weighted by molar-refractivity contribution is -0.144. The number of aliphatic hydroxyl groups is 1. The van der Waals surface area contributed by atoms with Crippen LogP contribution in [0.25, 0.3) is 0 Å². The fourth-order valence-electron chi connectivity index (χ4n) is 0.454. The standard InChI is InChI=1S/C7H13F2NO2/c1-4(5(2)11)10-6(12)7(3,8)9/h4-5,11H,1-3H3,(H,10,12). The third-order valence-electron chi connectivity index (χ3n) is 1.48. The molecule has 3 nitrogen and oxygen atoms in total. The number of carbonyl (C=O) groups is 1. The number of amides is 1. The summed E-state index contributed by atoms with van der Waals surface area (Å²) < 4.78 is 24.5. The van der Waals surface area contributed by atoms with Crippen LogP contribution in [-0.4, -0.2) is 29.1 Å². The smallest absolute Gasteiger partial charge is 0.321 e. The van der Waals surface area contributed by atoms with Crippen molar-refractivity contribution in [1.29, 1.82) is 0 Å². The minimum Gasteiger partial charge on any atom is -0.391 e. The fraction of sp³-hybridized carbons (Fsp3) is 0.857. The van der Waals surface area contributed by atoms with Gasteiger partial charge in [-0.15, -0.1) is 0 Å². The zero-order chi connectivity index (χ0) is 9.94. The zero-order valence-electron chi connectivity index (χ0n) is 7.27. The van der Waals surface area contributed by atoms with Crippen LogP contribution in [0.2, 0.25) is 0 Å². The van der Waals surface area contributed by atoms with E-state index in [0.717, 1.165) is 0 Å². The van der Waals surface area contributed by atoms with Gasteiger partial charge in [-0.1, -0.05) is 0 Å². The molecule has 2 unspecified atom stereocenters. The van der Waals surface area contributed by atoms with Gasteiger partial charge in [-0.05, 0) is 13.8 Å². The van der Waals surface area contributed by atoms with E-state index in [9.17, 15) is 13.6 Å². The Morgan fingerprint density at radius 2 is 1.92 bits per heavy atom. The van der Waals surface area contributed by atoms with Crippen molar-refractivity contribution in [3.05, 3.63) is 0 Å². The molecule has 0 saturated carbocycles. The topological polar surface area (TPSA) is 49.3 Å². The lowest BCUT2D eigenvalue weighted by Crippen LogP contribution is -2.46. The third-order valence-corrected chi connectivity index (χ3v) is 1.48. The van der Waals surface area contributed by atoms with Gasteiger partial charge < -0.3 is 10.4 Å². The molecular formula is C7H13F2NO2. The van der Waals surface area contributed by atoms with Crippen molar-refractivity contribution in [3.63, 3.8) is 0 Å². The summed E-state index contributed by atoms with van der Waals surface area (Å²) in [6.45, 7) is 3.38. The molecule has 0 saturated heterocycles. The summed E-state index contributed by atoms with van der Waals surface area (Å²) in [6, 6.07) is -0.664. The van der Waals surface area contributed by atoms with Gasteiger partial charge in [-0.25, -0.2) is 0 Å². The first-order valence-electron chi connectivity index (χ1n) is 3.62. The highest BCUT2D eigenvalue weighted by Gasteiger charge is 2.33. The summed E-state index contributed by atoms with van der Waals surface area (Å²) in [7, 11) is 0. The van der Waals surface area contributed by atoms with Gasteiger partial charge in [0, 0.05) is 6.92 Å². The lowest BCUT2D eigenvalue weighted by Gasteiger charge is -2.18. The Morgan fingerprint density at radius 1 is 1.50 bits per heavy atom. The van der Waals surface area contributed by atoms with Crippen LogP contribution >= 0.6 is 0 Å². The molecule has 0 aliphatic rings. The van der Waals surface area contributed by atoms with Crippen molar-refractivity contribution < 1.29 is 18.7 Å². The average Bonchev–Trinajstić information content (AvgIpc) is 1.85. The normalized spacial score (nSPS) is 16.8. The molecule has 2 N–H and O–H groups in total. The van der Waals surface area contributed by atoms with Crippen molar-refractivity contribution in [3.8, 4) is 0 Å². The van der Waals surface area contributed by atoms with Gasteiger partial charge in [0.1, 0.15) is 0 Å². The van der Waals surface area contributed by atoms with Crippen molar-refractivity contribution in [2.24, 2.45) is 0 Å². The molecule has 5 heteroatoms. The number of alkyl halides is 2. The Bertz CT molecular complexity index is 165. The zero-order valence-corrected chi connectivity index (χ0v) is 7.27. The van der Waals surface area contributed by atoms with Crippen LogP contribution in [-0.2, 0) is 4.79 Å². The van der Waals surface area contributed by atoms with Gasteiger partial charge in [-0.2, -0.15) is 8.78 Å². The third kappa shape index (κ3) is 3.61. The van der Waals surface area contributed by atoms with E-state index in [4.69, 9.17) is 5.11 Å². The van der Waals surface area contributed by atoms with Crippen LogP contribution in [0.4, 0.5) is 8.78 Å². The summed E-state index contributed by atoms with van der Waals surface area (Å²) in [5.41, 5.74) is 0. The number of hydrogen-bond acceptors (Lipinski definition) is 2. The second-order valence-electron chi connectivity index (χ2n) is 2.89. The maximum Gasteiger partial charge on any atom is 0.321 e. The van der Waals surface area contributed by atoms with E-state index in [0.29, 0.717) is 6.92 Å². The van der Waals surface area contributed by atoms with E-state index in [1.165, 1.54) is 13.8 Å². The molecule has 0 aromatic carbocycles. The molecular weight excluding hydrogens is 168 g/mol. The summed E-state index contributed by atoms with van der Waals surface area (Å²) in [4.78, 5) is 10.6. The van der Waals surface area contributed by atoms with Gasteiger partial charge >= 0.3 is 5.92 Å². The molecule has 0 aromatic rings. The first-order valence-corrected chi connectivity index (χ1v) is 3.62. The molecule has 2 atom stereocenters. The van der Waals surface area contributed by atoms with Crippen LogP contribution in [0.5, 0.6) is 0 Å². The molecule has 0 spiro atoms. The van der Waals surface area contributed by atoms with Crippen molar-refractivity contribution in [2.75, 3.05) is 0 Å². The van der Waals surface area contributed by atoms with E-state index in [2.05, 4.69) is 0 Å². The van der Waals surface area contributed by atoms with Crippen molar-refractivity contribution >= 4 is 5.91 Å². The molecule has 0 heterocycles. The monoisotopic (exact) mass is 181 g/mol.